The van der Waals surface area contributed by atoms with E-state index in [4.69, 9.17) is 9.84 Å². The molecule has 3 unspecified atom stereocenters. The van der Waals surface area contributed by atoms with Crippen LogP contribution in [0.3, 0.4) is 0 Å². The van der Waals surface area contributed by atoms with Crippen molar-refractivity contribution in [3.05, 3.63) is 0 Å². The lowest BCUT2D eigenvalue weighted by molar-refractivity contribution is -0.148. The summed E-state index contributed by atoms with van der Waals surface area (Å²) >= 11 is 0. The maximum absolute atomic E-state index is 12.3. The van der Waals surface area contributed by atoms with E-state index in [0.717, 1.165) is 0 Å². The highest BCUT2D eigenvalue weighted by molar-refractivity contribution is 5.82. The number of carboxylic acid groups (broad SMARTS) is 1. The van der Waals surface area contributed by atoms with Crippen molar-refractivity contribution < 1.29 is 19.4 Å². The van der Waals surface area contributed by atoms with Crippen LogP contribution >= 0.6 is 0 Å². The first-order chi connectivity index (χ1) is 8.66. The summed E-state index contributed by atoms with van der Waals surface area (Å²) in [5.41, 5.74) is 0. The van der Waals surface area contributed by atoms with Gasteiger partial charge in [0.05, 0.1) is 19.1 Å². The van der Waals surface area contributed by atoms with Crippen molar-refractivity contribution in [1.82, 2.24) is 4.90 Å². The maximum Gasteiger partial charge on any atom is 0.306 e. The molecule has 1 amide bonds. The van der Waals surface area contributed by atoms with Crippen LogP contribution < -0.4 is 0 Å². The van der Waals surface area contributed by atoms with Crippen LogP contribution in [0.2, 0.25) is 0 Å². The van der Waals surface area contributed by atoms with Gasteiger partial charge in [0, 0.05) is 19.0 Å². The zero-order valence-corrected chi connectivity index (χ0v) is 10.4. The Kier molecular flexibility index (Phi) is 3.01. The van der Waals surface area contributed by atoms with Crippen LogP contribution in [0, 0.1) is 17.8 Å². The third kappa shape index (κ3) is 2.11. The lowest BCUT2D eigenvalue weighted by atomic mass is 10.1. The maximum atomic E-state index is 12.3. The average Bonchev–Trinajstić information content (AvgIpc) is 2.80. The summed E-state index contributed by atoms with van der Waals surface area (Å²) in [6.07, 6.45) is 3.32. The molecule has 5 heteroatoms. The fraction of sp³-hybridized carbons (Fsp3) is 0.846. The molecule has 3 fully saturated rings. The molecule has 0 spiro atoms. The van der Waals surface area contributed by atoms with Crippen molar-refractivity contribution in [2.75, 3.05) is 19.7 Å². The second kappa shape index (κ2) is 4.53. The first kappa shape index (κ1) is 12.0. The molecule has 0 radical (unpaired) electrons. The normalized spacial score (nSPS) is 38.3. The first-order valence-corrected chi connectivity index (χ1v) is 6.79. The summed E-state index contributed by atoms with van der Waals surface area (Å²) in [5.74, 6) is 0.861. The van der Waals surface area contributed by atoms with Crippen molar-refractivity contribution in [2.45, 2.75) is 31.8 Å². The monoisotopic (exact) mass is 253 g/mol. The predicted octanol–water partition coefficient (Wildman–Crippen LogP) is 0.735. The molecule has 2 aliphatic carbocycles. The van der Waals surface area contributed by atoms with Crippen molar-refractivity contribution in [2.24, 2.45) is 17.8 Å². The highest BCUT2D eigenvalue weighted by Crippen LogP contribution is 2.58. The van der Waals surface area contributed by atoms with Gasteiger partial charge in [0.2, 0.25) is 5.91 Å². The lowest BCUT2D eigenvalue weighted by Crippen LogP contribution is -2.47. The van der Waals surface area contributed by atoms with E-state index >= 15 is 0 Å². The largest absolute Gasteiger partial charge is 0.481 e. The number of aliphatic carboxylic acids is 1. The smallest absolute Gasteiger partial charge is 0.306 e. The van der Waals surface area contributed by atoms with Gasteiger partial charge in [-0.15, -0.1) is 0 Å². The third-order valence-electron chi connectivity index (χ3n) is 4.54. The van der Waals surface area contributed by atoms with Crippen molar-refractivity contribution in [1.29, 1.82) is 0 Å². The minimum absolute atomic E-state index is 0.0126. The van der Waals surface area contributed by atoms with Crippen molar-refractivity contribution in [3.63, 3.8) is 0 Å². The van der Waals surface area contributed by atoms with Crippen molar-refractivity contribution in [3.8, 4) is 0 Å². The molecule has 0 aromatic carbocycles. The number of hydrogen-bond donors (Lipinski definition) is 1. The fourth-order valence-electron chi connectivity index (χ4n) is 3.64. The molecule has 1 aliphatic heterocycles. The van der Waals surface area contributed by atoms with Gasteiger partial charge in [-0.3, -0.25) is 9.59 Å². The zero-order valence-electron chi connectivity index (χ0n) is 10.4. The minimum atomic E-state index is -0.863. The fourth-order valence-corrected chi connectivity index (χ4v) is 3.64. The second-order valence-electron chi connectivity index (χ2n) is 5.66. The first-order valence-electron chi connectivity index (χ1n) is 6.79. The van der Waals surface area contributed by atoms with Crippen LogP contribution in [0.4, 0.5) is 0 Å². The second-order valence-corrected chi connectivity index (χ2v) is 5.66. The summed E-state index contributed by atoms with van der Waals surface area (Å²) in [6, 6.07) is 0. The quantitative estimate of drug-likeness (QED) is 0.805. The predicted molar refractivity (Wildman–Crippen MR) is 62.9 cm³/mol. The molecule has 1 heterocycles. The molecule has 1 N–H and O–H groups in total. The zero-order chi connectivity index (χ0) is 12.7. The van der Waals surface area contributed by atoms with E-state index in [1.807, 2.05) is 4.90 Å². The van der Waals surface area contributed by atoms with Gasteiger partial charge in [-0.25, -0.2) is 0 Å². The Bertz CT molecular complexity index is 360. The molecule has 1 saturated heterocycles. The van der Waals surface area contributed by atoms with E-state index in [1.165, 1.54) is 19.3 Å². The van der Waals surface area contributed by atoms with Gasteiger partial charge >= 0.3 is 5.97 Å². The number of carbonyl (C=O) groups is 2. The molecule has 0 bridgehead atoms. The van der Waals surface area contributed by atoms with E-state index in [2.05, 4.69) is 0 Å². The molecule has 3 rings (SSSR count). The van der Waals surface area contributed by atoms with E-state index in [1.54, 1.807) is 0 Å². The number of hydrogen-bond acceptors (Lipinski definition) is 3. The number of carboxylic acids is 1. The van der Waals surface area contributed by atoms with E-state index in [0.29, 0.717) is 31.5 Å². The average molecular weight is 253 g/mol. The molecule has 18 heavy (non-hydrogen) atoms. The van der Waals surface area contributed by atoms with Gasteiger partial charge in [0.15, 0.2) is 0 Å². The van der Waals surface area contributed by atoms with Gasteiger partial charge in [-0.2, -0.15) is 0 Å². The Labute approximate surface area is 106 Å². The van der Waals surface area contributed by atoms with Crippen molar-refractivity contribution >= 4 is 11.9 Å². The summed E-state index contributed by atoms with van der Waals surface area (Å²) < 4.78 is 5.39. The lowest BCUT2D eigenvalue weighted by Gasteiger charge is -2.32. The molecule has 0 aromatic rings. The summed E-state index contributed by atoms with van der Waals surface area (Å²) in [4.78, 5) is 24.8. The summed E-state index contributed by atoms with van der Waals surface area (Å²) in [6.45, 7) is 1.53. The third-order valence-corrected chi connectivity index (χ3v) is 4.54. The number of carbonyl (C=O) groups excluding carboxylic acids is 1. The Morgan fingerprint density at radius 1 is 1.28 bits per heavy atom. The molecule has 3 atom stereocenters. The highest BCUT2D eigenvalue weighted by atomic mass is 16.5. The van der Waals surface area contributed by atoms with E-state index in [9.17, 15) is 9.59 Å². The number of amides is 1. The minimum Gasteiger partial charge on any atom is -0.481 e. The van der Waals surface area contributed by atoms with Crippen LogP contribution in [0.5, 0.6) is 0 Å². The van der Waals surface area contributed by atoms with E-state index in [-0.39, 0.29) is 24.3 Å². The number of morpholine rings is 1. The Balaban J connectivity index is 1.55. The summed E-state index contributed by atoms with van der Waals surface area (Å²) in [7, 11) is 0. The molecule has 100 valence electrons. The number of ether oxygens (including phenoxy) is 1. The molecule has 0 aromatic heterocycles. The Morgan fingerprint density at radius 2 is 2.00 bits per heavy atom. The Morgan fingerprint density at radius 3 is 2.67 bits per heavy atom. The number of fused-ring (bicyclic) bond motifs is 1. The van der Waals surface area contributed by atoms with Crippen LogP contribution in [-0.2, 0) is 14.3 Å². The van der Waals surface area contributed by atoms with Crippen LogP contribution in [0.25, 0.3) is 0 Å². The molecule has 3 aliphatic rings. The molecule has 2 saturated carbocycles. The van der Waals surface area contributed by atoms with Gasteiger partial charge < -0.3 is 14.7 Å². The van der Waals surface area contributed by atoms with Gasteiger partial charge in [-0.1, -0.05) is 6.42 Å². The van der Waals surface area contributed by atoms with Gasteiger partial charge in [0.1, 0.15) is 0 Å². The van der Waals surface area contributed by atoms with Gasteiger partial charge in [-0.05, 0) is 24.7 Å². The molecule has 5 nitrogen and oxygen atoms in total. The number of nitrogens with zero attached hydrogens (tertiary/aromatic N) is 1. The SMILES string of the molecule is O=C(O)CC1CN(C(=O)C2C3CCCC32)CCO1. The highest BCUT2D eigenvalue weighted by Gasteiger charge is 2.57. The summed E-state index contributed by atoms with van der Waals surface area (Å²) in [5, 5.41) is 8.76. The standard InChI is InChI=1S/C13H19NO4/c15-11(16)6-8-7-14(4-5-18-8)13(17)12-9-2-1-3-10(9)12/h8-10,12H,1-7H2,(H,15,16). The van der Waals surface area contributed by atoms with E-state index < -0.39 is 5.97 Å². The number of rotatable bonds is 3. The van der Waals surface area contributed by atoms with Crippen LogP contribution in [0.15, 0.2) is 0 Å². The molecular formula is C13H19NO4. The van der Waals surface area contributed by atoms with Crippen LogP contribution in [-0.4, -0.2) is 47.7 Å². The van der Waals surface area contributed by atoms with Crippen LogP contribution in [0.1, 0.15) is 25.7 Å². The topological polar surface area (TPSA) is 66.8 Å². The molecular weight excluding hydrogens is 234 g/mol. The van der Waals surface area contributed by atoms with Gasteiger partial charge in [0.25, 0.3) is 0 Å². The Hall–Kier alpha value is -1.10.